The van der Waals surface area contributed by atoms with Gasteiger partial charge in [0, 0.05) is 5.69 Å². The van der Waals surface area contributed by atoms with E-state index in [1.54, 1.807) is 12.1 Å². The molecule has 0 heterocycles. The molecule has 0 radical (unpaired) electrons. The average Bonchev–Trinajstić information content (AvgIpc) is 1.93. The minimum Gasteiger partial charge on any atom is -0.465 e. The molecule has 2 N–H and O–H groups in total. The Bertz CT molecular complexity index is 253. The Morgan fingerprint density at radius 3 is 2.36 bits per heavy atom. The van der Waals surface area contributed by atoms with Gasteiger partial charge in [-0.1, -0.05) is 17.7 Å². The van der Waals surface area contributed by atoms with E-state index in [4.69, 9.17) is 5.11 Å². The predicted molar refractivity (Wildman–Crippen MR) is 42.8 cm³/mol. The molecular formula is C8H9NO2. The molecule has 58 valence electrons. The molecular weight excluding hydrogens is 142 g/mol. The Balaban J connectivity index is 2.74. The van der Waals surface area contributed by atoms with Crippen LogP contribution in [0.2, 0.25) is 0 Å². The number of amides is 1. The molecule has 11 heavy (non-hydrogen) atoms. The summed E-state index contributed by atoms with van der Waals surface area (Å²) in [5.74, 6) is 0. The molecule has 3 nitrogen and oxygen atoms in total. The maximum absolute atomic E-state index is 10.1. The zero-order valence-electron chi connectivity index (χ0n) is 6.16. The molecule has 0 aliphatic rings. The molecule has 0 aliphatic carbocycles. The molecule has 0 saturated heterocycles. The van der Waals surface area contributed by atoms with Crippen LogP contribution in [0.15, 0.2) is 24.3 Å². The molecule has 1 aromatic carbocycles. The first-order valence-electron chi connectivity index (χ1n) is 3.25. The number of carboxylic acid groups (broad SMARTS) is 1. The highest BCUT2D eigenvalue weighted by atomic mass is 16.4. The molecule has 0 aromatic heterocycles. The predicted octanol–water partition coefficient (Wildman–Crippen LogP) is 2.08. The maximum Gasteiger partial charge on any atom is 0.409 e. The Morgan fingerprint density at radius 2 is 1.91 bits per heavy atom. The van der Waals surface area contributed by atoms with E-state index >= 15 is 0 Å². The van der Waals surface area contributed by atoms with Crippen molar-refractivity contribution in [1.82, 2.24) is 0 Å². The second-order valence-electron chi connectivity index (χ2n) is 2.30. The second-order valence-corrected chi connectivity index (χ2v) is 2.30. The number of benzene rings is 1. The topological polar surface area (TPSA) is 49.3 Å². The van der Waals surface area contributed by atoms with E-state index in [1.807, 2.05) is 19.1 Å². The largest absolute Gasteiger partial charge is 0.465 e. The fraction of sp³-hybridized carbons (Fsp3) is 0.125. The van der Waals surface area contributed by atoms with Gasteiger partial charge < -0.3 is 5.11 Å². The fourth-order valence-corrected chi connectivity index (χ4v) is 0.760. The first-order chi connectivity index (χ1) is 5.18. The Labute approximate surface area is 64.7 Å². The van der Waals surface area contributed by atoms with E-state index in [-0.39, 0.29) is 0 Å². The van der Waals surface area contributed by atoms with Gasteiger partial charge in [0.25, 0.3) is 0 Å². The summed E-state index contributed by atoms with van der Waals surface area (Å²) in [5, 5.41) is 10.6. The Kier molecular flexibility index (Phi) is 2.11. The molecule has 0 spiro atoms. The number of carbonyl (C=O) groups is 1. The first-order valence-corrected chi connectivity index (χ1v) is 3.25. The van der Waals surface area contributed by atoms with Gasteiger partial charge >= 0.3 is 6.09 Å². The van der Waals surface area contributed by atoms with Crippen LogP contribution in [0.25, 0.3) is 0 Å². The molecule has 0 unspecified atom stereocenters. The highest BCUT2D eigenvalue weighted by molar-refractivity contribution is 5.82. The number of rotatable bonds is 1. The zero-order valence-corrected chi connectivity index (χ0v) is 6.16. The molecule has 1 rings (SSSR count). The summed E-state index contributed by atoms with van der Waals surface area (Å²) in [6.07, 6.45) is -1.03. The van der Waals surface area contributed by atoms with Gasteiger partial charge in [-0.2, -0.15) is 0 Å². The van der Waals surface area contributed by atoms with E-state index in [0.717, 1.165) is 5.56 Å². The highest BCUT2D eigenvalue weighted by Crippen LogP contribution is 2.07. The van der Waals surface area contributed by atoms with Crippen molar-refractivity contribution in [2.24, 2.45) is 0 Å². The Morgan fingerprint density at radius 1 is 1.36 bits per heavy atom. The molecule has 0 saturated carbocycles. The summed E-state index contributed by atoms with van der Waals surface area (Å²) < 4.78 is 0. The summed E-state index contributed by atoms with van der Waals surface area (Å²) in [5.41, 5.74) is 1.71. The van der Waals surface area contributed by atoms with Gasteiger partial charge in [0.05, 0.1) is 0 Å². The number of nitrogens with one attached hydrogen (secondary N) is 1. The molecule has 1 amide bonds. The lowest BCUT2D eigenvalue weighted by Crippen LogP contribution is -2.06. The smallest absolute Gasteiger partial charge is 0.409 e. The van der Waals surface area contributed by atoms with Gasteiger partial charge in [-0.25, -0.2) is 4.79 Å². The van der Waals surface area contributed by atoms with Crippen LogP contribution < -0.4 is 5.32 Å². The molecule has 0 aliphatic heterocycles. The minimum atomic E-state index is -1.03. The summed E-state index contributed by atoms with van der Waals surface area (Å²) in [7, 11) is 0. The standard InChI is InChI=1S/C8H9NO2/c1-6-2-4-7(5-3-6)9-8(10)11/h2-5,9H,1H3,(H,10,11). The van der Waals surface area contributed by atoms with Gasteiger partial charge in [-0.05, 0) is 19.1 Å². The van der Waals surface area contributed by atoms with Crippen LogP contribution in [0, 0.1) is 6.92 Å². The van der Waals surface area contributed by atoms with Crippen molar-refractivity contribution in [2.75, 3.05) is 5.32 Å². The maximum atomic E-state index is 10.1. The molecule has 1 aromatic rings. The summed E-state index contributed by atoms with van der Waals surface area (Å²) in [6.45, 7) is 1.95. The Hall–Kier alpha value is -1.51. The van der Waals surface area contributed by atoms with Crippen molar-refractivity contribution < 1.29 is 9.90 Å². The third-order valence-electron chi connectivity index (χ3n) is 1.30. The molecule has 0 bridgehead atoms. The minimum absolute atomic E-state index is 0.600. The van der Waals surface area contributed by atoms with Gasteiger partial charge in [-0.3, -0.25) is 5.32 Å². The third kappa shape index (κ3) is 2.29. The van der Waals surface area contributed by atoms with Crippen molar-refractivity contribution in [3.05, 3.63) is 29.8 Å². The van der Waals surface area contributed by atoms with Gasteiger partial charge in [-0.15, -0.1) is 0 Å². The normalized spacial score (nSPS) is 9.18. The lowest BCUT2D eigenvalue weighted by Gasteiger charge is -1.99. The van der Waals surface area contributed by atoms with Crippen LogP contribution in [0.5, 0.6) is 0 Å². The quantitative estimate of drug-likeness (QED) is 0.645. The third-order valence-corrected chi connectivity index (χ3v) is 1.30. The summed E-state index contributed by atoms with van der Waals surface area (Å²) in [4.78, 5) is 10.1. The average molecular weight is 151 g/mol. The monoisotopic (exact) mass is 151 g/mol. The lowest BCUT2D eigenvalue weighted by atomic mass is 10.2. The highest BCUT2D eigenvalue weighted by Gasteiger charge is 1.94. The van der Waals surface area contributed by atoms with Crippen molar-refractivity contribution in [3.8, 4) is 0 Å². The number of anilines is 1. The lowest BCUT2D eigenvalue weighted by molar-refractivity contribution is 0.210. The van der Waals surface area contributed by atoms with Crippen LogP contribution >= 0.6 is 0 Å². The van der Waals surface area contributed by atoms with Crippen molar-refractivity contribution >= 4 is 11.8 Å². The van der Waals surface area contributed by atoms with Crippen LogP contribution in [0.4, 0.5) is 10.5 Å². The molecule has 3 heteroatoms. The SMILES string of the molecule is Cc1ccc(NC(=O)O)cc1. The fourth-order valence-electron chi connectivity index (χ4n) is 0.760. The zero-order chi connectivity index (χ0) is 8.27. The number of hydrogen-bond acceptors (Lipinski definition) is 1. The van der Waals surface area contributed by atoms with Gasteiger partial charge in [0.2, 0.25) is 0 Å². The van der Waals surface area contributed by atoms with E-state index in [0.29, 0.717) is 5.69 Å². The summed E-state index contributed by atoms with van der Waals surface area (Å²) >= 11 is 0. The van der Waals surface area contributed by atoms with E-state index in [9.17, 15) is 4.79 Å². The van der Waals surface area contributed by atoms with Gasteiger partial charge in [0.1, 0.15) is 0 Å². The van der Waals surface area contributed by atoms with Crippen molar-refractivity contribution in [2.45, 2.75) is 6.92 Å². The first kappa shape index (κ1) is 7.60. The van der Waals surface area contributed by atoms with Crippen LogP contribution in [0.3, 0.4) is 0 Å². The van der Waals surface area contributed by atoms with E-state index in [1.165, 1.54) is 0 Å². The molecule has 0 fully saturated rings. The number of aryl methyl sites for hydroxylation is 1. The van der Waals surface area contributed by atoms with Crippen molar-refractivity contribution in [1.29, 1.82) is 0 Å². The molecule has 0 atom stereocenters. The van der Waals surface area contributed by atoms with Crippen molar-refractivity contribution in [3.63, 3.8) is 0 Å². The second kappa shape index (κ2) is 3.05. The van der Waals surface area contributed by atoms with Crippen LogP contribution in [-0.4, -0.2) is 11.2 Å². The summed E-state index contributed by atoms with van der Waals surface area (Å²) in [6, 6.07) is 7.16. The number of hydrogen-bond donors (Lipinski definition) is 2. The van der Waals surface area contributed by atoms with E-state index < -0.39 is 6.09 Å². The van der Waals surface area contributed by atoms with Crippen LogP contribution in [0.1, 0.15) is 5.56 Å². The van der Waals surface area contributed by atoms with Gasteiger partial charge in [0.15, 0.2) is 0 Å². The van der Waals surface area contributed by atoms with Crippen LogP contribution in [-0.2, 0) is 0 Å². The van der Waals surface area contributed by atoms with E-state index in [2.05, 4.69) is 5.32 Å².